The number of para-hydroxylation sites is 1. The second kappa shape index (κ2) is 14.2. The lowest BCUT2D eigenvalue weighted by Gasteiger charge is -2.17. The molecule has 0 unspecified atom stereocenters. The Morgan fingerprint density at radius 1 is 0.333 bits per heavy atom. The van der Waals surface area contributed by atoms with Crippen molar-refractivity contribution >= 4 is 10.9 Å². The first-order valence-electron chi connectivity index (χ1n) is 17.7. The van der Waals surface area contributed by atoms with Crippen LogP contribution in [0.2, 0.25) is 0 Å². The van der Waals surface area contributed by atoms with E-state index in [9.17, 15) is 5.26 Å². The molecule has 0 saturated carbocycles. The number of hydrogen-bond donors (Lipinski definition) is 0. The second-order valence-electron chi connectivity index (χ2n) is 12.8. The van der Waals surface area contributed by atoms with E-state index >= 15 is 0 Å². The van der Waals surface area contributed by atoms with Crippen LogP contribution in [0.3, 0.4) is 0 Å². The van der Waals surface area contributed by atoms with Crippen molar-refractivity contribution in [2.45, 2.75) is 0 Å². The van der Waals surface area contributed by atoms with Gasteiger partial charge in [-0.3, -0.25) is 0 Å². The lowest BCUT2D eigenvalue weighted by atomic mass is 9.88. The second-order valence-corrected chi connectivity index (χ2v) is 12.8. The fraction of sp³-hybridized carbons (Fsp3) is 0. The average molecular weight is 691 g/mol. The van der Waals surface area contributed by atoms with Crippen molar-refractivity contribution in [3.63, 3.8) is 0 Å². The highest BCUT2D eigenvalue weighted by molar-refractivity contribution is 6.00. The van der Waals surface area contributed by atoms with Crippen molar-refractivity contribution in [1.29, 1.82) is 5.26 Å². The van der Waals surface area contributed by atoms with Crippen LogP contribution in [0.25, 0.3) is 90.0 Å². The molecule has 9 aromatic rings. The molecule has 0 saturated heterocycles. The summed E-state index contributed by atoms with van der Waals surface area (Å²) < 4.78 is 0. The van der Waals surface area contributed by atoms with Crippen molar-refractivity contribution in [3.05, 3.63) is 188 Å². The molecule has 54 heavy (non-hydrogen) atoms. The van der Waals surface area contributed by atoms with E-state index in [0.717, 1.165) is 66.7 Å². The normalized spacial score (nSPS) is 10.9. The predicted octanol–water partition coefficient (Wildman–Crippen LogP) is 11.4. The molecule has 0 aliphatic heterocycles. The maximum Gasteiger partial charge on any atom is 0.164 e. The van der Waals surface area contributed by atoms with E-state index < -0.39 is 0 Å². The molecule has 0 spiro atoms. The highest BCUT2D eigenvalue weighted by Gasteiger charge is 2.20. The topological polar surface area (TPSA) is 88.2 Å². The molecule has 0 fully saturated rings. The Morgan fingerprint density at radius 3 is 1.39 bits per heavy atom. The zero-order valence-electron chi connectivity index (χ0n) is 29.0. The van der Waals surface area contributed by atoms with Gasteiger partial charge in [-0.15, -0.1) is 0 Å². The minimum atomic E-state index is 0.562. The zero-order chi connectivity index (χ0) is 36.3. The lowest BCUT2D eigenvalue weighted by molar-refractivity contribution is 1.07. The zero-order valence-corrected chi connectivity index (χ0v) is 29.0. The number of rotatable bonds is 7. The molecule has 252 valence electrons. The van der Waals surface area contributed by atoms with Gasteiger partial charge in [-0.25, -0.2) is 24.9 Å². The van der Waals surface area contributed by atoms with Gasteiger partial charge in [0.25, 0.3) is 0 Å². The van der Waals surface area contributed by atoms with Gasteiger partial charge in [-0.05, 0) is 46.5 Å². The number of benzene rings is 7. The molecule has 0 bridgehead atoms. The van der Waals surface area contributed by atoms with Crippen molar-refractivity contribution in [2.75, 3.05) is 0 Å². The van der Waals surface area contributed by atoms with Crippen LogP contribution >= 0.6 is 0 Å². The van der Waals surface area contributed by atoms with Gasteiger partial charge in [0.1, 0.15) is 0 Å². The van der Waals surface area contributed by atoms with Crippen LogP contribution in [0.1, 0.15) is 5.56 Å². The monoisotopic (exact) mass is 690 g/mol. The summed E-state index contributed by atoms with van der Waals surface area (Å²) in [7, 11) is 0. The minimum Gasteiger partial charge on any atom is -0.228 e. The number of nitrogens with zero attached hydrogens (tertiary/aromatic N) is 6. The molecule has 0 aliphatic carbocycles. The summed E-state index contributed by atoms with van der Waals surface area (Å²) in [6.45, 7) is 0. The quantitative estimate of drug-likeness (QED) is 0.165. The Balaban J connectivity index is 1.26. The van der Waals surface area contributed by atoms with E-state index in [4.69, 9.17) is 24.9 Å². The SMILES string of the molecule is N#Cc1ccc(-c2cc(-c3nc(-c4ccccc4)nc(-c4ccccc4)n3)ccc2-c2ccccc2-c2nc(-c3ccccc3)nc3ccccc23)cc1. The Kier molecular flexibility index (Phi) is 8.48. The summed E-state index contributed by atoms with van der Waals surface area (Å²) in [5, 5.41) is 10.6. The van der Waals surface area contributed by atoms with Gasteiger partial charge in [-0.1, -0.05) is 158 Å². The van der Waals surface area contributed by atoms with Crippen molar-refractivity contribution < 1.29 is 0 Å². The van der Waals surface area contributed by atoms with E-state index in [2.05, 4.69) is 54.6 Å². The summed E-state index contributed by atoms with van der Waals surface area (Å²) in [6, 6.07) is 62.9. The first-order chi connectivity index (χ1) is 26.7. The van der Waals surface area contributed by atoms with Crippen LogP contribution in [0, 0.1) is 11.3 Å². The third-order valence-corrected chi connectivity index (χ3v) is 9.41. The summed E-state index contributed by atoms with van der Waals surface area (Å²) in [4.78, 5) is 25.1. The van der Waals surface area contributed by atoms with E-state index in [1.165, 1.54) is 0 Å². The van der Waals surface area contributed by atoms with Gasteiger partial charge in [-0.2, -0.15) is 5.26 Å². The van der Waals surface area contributed by atoms with Crippen LogP contribution in [-0.2, 0) is 0 Å². The van der Waals surface area contributed by atoms with Crippen LogP contribution in [0.5, 0.6) is 0 Å². The fourth-order valence-electron chi connectivity index (χ4n) is 6.74. The standard InChI is InChI=1S/C48H30N6/c49-31-32-24-26-33(27-25-32)42-30-37(48-53-46(35-16-6-2-7-17-35)52-47(54-48)36-18-8-3-9-19-36)28-29-39(42)38-20-10-11-21-40(38)44-41-22-12-13-23-43(41)50-45(51-44)34-14-4-1-5-15-34/h1-30H. The number of nitriles is 1. The molecule has 0 N–H and O–H groups in total. The summed E-state index contributed by atoms with van der Waals surface area (Å²) in [6.07, 6.45) is 0. The van der Waals surface area contributed by atoms with Crippen molar-refractivity contribution in [3.8, 4) is 85.1 Å². The molecular weight excluding hydrogens is 661 g/mol. The highest BCUT2D eigenvalue weighted by atomic mass is 15.0. The van der Waals surface area contributed by atoms with E-state index in [-0.39, 0.29) is 0 Å². The number of hydrogen-bond acceptors (Lipinski definition) is 6. The Hall–Kier alpha value is -7.62. The summed E-state index contributed by atoms with van der Waals surface area (Å²) in [5.41, 5.74) is 10.8. The molecule has 9 rings (SSSR count). The lowest BCUT2D eigenvalue weighted by Crippen LogP contribution is -2.01. The highest BCUT2D eigenvalue weighted by Crippen LogP contribution is 2.41. The molecule has 6 heteroatoms. The van der Waals surface area contributed by atoms with Crippen LogP contribution in [0.15, 0.2) is 182 Å². The van der Waals surface area contributed by atoms with Crippen molar-refractivity contribution in [2.24, 2.45) is 0 Å². The van der Waals surface area contributed by atoms with E-state index in [1.54, 1.807) is 0 Å². The Bertz CT molecular complexity index is 2760. The molecule has 2 aromatic heterocycles. The minimum absolute atomic E-state index is 0.562. The van der Waals surface area contributed by atoms with E-state index in [0.29, 0.717) is 28.9 Å². The van der Waals surface area contributed by atoms with Crippen LogP contribution in [0.4, 0.5) is 0 Å². The Labute approximate surface area is 312 Å². The van der Waals surface area contributed by atoms with Gasteiger partial charge in [0.05, 0.1) is 22.8 Å². The third kappa shape index (κ3) is 6.27. The molecule has 7 aromatic carbocycles. The maximum atomic E-state index is 9.63. The first-order valence-corrected chi connectivity index (χ1v) is 17.7. The summed E-state index contributed by atoms with van der Waals surface area (Å²) >= 11 is 0. The summed E-state index contributed by atoms with van der Waals surface area (Å²) in [5.74, 6) is 2.42. The largest absolute Gasteiger partial charge is 0.228 e. The first kappa shape index (κ1) is 32.3. The van der Waals surface area contributed by atoms with Crippen LogP contribution in [-0.4, -0.2) is 24.9 Å². The number of fused-ring (bicyclic) bond motifs is 1. The molecule has 0 atom stereocenters. The molecule has 2 heterocycles. The van der Waals surface area contributed by atoms with Crippen molar-refractivity contribution in [1.82, 2.24) is 24.9 Å². The molecule has 0 radical (unpaired) electrons. The van der Waals surface area contributed by atoms with Gasteiger partial charge < -0.3 is 0 Å². The van der Waals surface area contributed by atoms with Crippen LogP contribution < -0.4 is 0 Å². The van der Waals surface area contributed by atoms with Gasteiger partial charge in [0, 0.05) is 33.2 Å². The number of aromatic nitrogens is 5. The third-order valence-electron chi connectivity index (χ3n) is 9.41. The van der Waals surface area contributed by atoms with Gasteiger partial charge in [0.2, 0.25) is 0 Å². The van der Waals surface area contributed by atoms with Gasteiger partial charge >= 0.3 is 0 Å². The molecule has 0 aliphatic rings. The maximum absolute atomic E-state index is 9.63. The van der Waals surface area contributed by atoms with Gasteiger partial charge in [0.15, 0.2) is 23.3 Å². The molecular formula is C48H30N6. The predicted molar refractivity (Wildman–Crippen MR) is 216 cm³/mol. The Morgan fingerprint density at radius 2 is 0.796 bits per heavy atom. The molecule has 6 nitrogen and oxygen atoms in total. The smallest absolute Gasteiger partial charge is 0.164 e. The average Bonchev–Trinajstić information content (AvgIpc) is 3.26. The fourth-order valence-corrected chi connectivity index (χ4v) is 6.74. The van der Waals surface area contributed by atoms with E-state index in [1.807, 2.05) is 133 Å². The molecule has 0 amide bonds.